The van der Waals surface area contributed by atoms with Crippen LogP contribution in [0.5, 0.6) is 0 Å². The van der Waals surface area contributed by atoms with Crippen molar-refractivity contribution in [3.63, 3.8) is 0 Å². The number of rotatable bonds is 24. The predicted octanol–water partition coefficient (Wildman–Crippen LogP) is 9.93. The fourth-order valence-corrected chi connectivity index (χ4v) is 4.20. The van der Waals surface area contributed by atoms with Crippen molar-refractivity contribution in [2.24, 2.45) is 0 Å². The second-order valence-electron chi connectivity index (χ2n) is 9.45. The molecule has 0 bridgehead atoms. The zero-order valence-corrected chi connectivity index (χ0v) is 21.2. The van der Waals surface area contributed by atoms with Crippen LogP contribution in [0.25, 0.3) is 0 Å². The highest BCUT2D eigenvalue weighted by molar-refractivity contribution is 5.69. The zero-order chi connectivity index (χ0) is 22.1. The number of hydrogen-bond acceptors (Lipinski definition) is 2. The van der Waals surface area contributed by atoms with Gasteiger partial charge in [0.15, 0.2) is 0 Å². The number of carbonyl (C=O) groups excluding carboxylic acids is 1. The lowest BCUT2D eigenvalue weighted by molar-refractivity contribution is -0.150. The summed E-state index contributed by atoms with van der Waals surface area (Å²) < 4.78 is 5.83. The normalized spacial score (nSPS) is 12.2. The first-order valence-corrected chi connectivity index (χ1v) is 13.9. The van der Waals surface area contributed by atoms with Crippen molar-refractivity contribution in [3.05, 3.63) is 0 Å². The van der Waals surface area contributed by atoms with Crippen molar-refractivity contribution in [3.8, 4) is 0 Å². The molecular formula is C28H56O2. The highest BCUT2D eigenvalue weighted by Crippen LogP contribution is 2.17. The maximum atomic E-state index is 12.2. The minimum atomic E-state index is 0.0488. The van der Waals surface area contributed by atoms with Crippen LogP contribution in [-0.2, 0) is 9.53 Å². The molecule has 0 heterocycles. The van der Waals surface area contributed by atoms with Crippen LogP contribution in [0, 0.1) is 0 Å². The van der Waals surface area contributed by atoms with Crippen molar-refractivity contribution in [1.82, 2.24) is 0 Å². The Labute approximate surface area is 190 Å². The molecule has 0 rings (SSSR count). The Morgan fingerprint density at radius 3 is 1.33 bits per heavy atom. The van der Waals surface area contributed by atoms with E-state index in [1.807, 2.05) is 0 Å². The summed E-state index contributed by atoms with van der Waals surface area (Å²) in [6.45, 7) is 6.75. The van der Waals surface area contributed by atoms with E-state index in [1.165, 1.54) is 122 Å². The van der Waals surface area contributed by atoms with E-state index in [1.54, 1.807) is 0 Å². The largest absolute Gasteiger partial charge is 0.462 e. The van der Waals surface area contributed by atoms with E-state index in [0.717, 1.165) is 19.3 Å². The lowest BCUT2D eigenvalue weighted by Crippen LogP contribution is -2.18. The first-order chi connectivity index (χ1) is 14.7. The topological polar surface area (TPSA) is 26.3 Å². The first kappa shape index (κ1) is 29.5. The van der Waals surface area contributed by atoms with Gasteiger partial charge >= 0.3 is 5.97 Å². The molecule has 2 nitrogen and oxygen atoms in total. The fraction of sp³-hybridized carbons (Fsp3) is 0.964. The van der Waals surface area contributed by atoms with E-state index in [-0.39, 0.29) is 12.1 Å². The van der Waals surface area contributed by atoms with Gasteiger partial charge in [0.25, 0.3) is 0 Å². The summed E-state index contributed by atoms with van der Waals surface area (Å²) in [4.78, 5) is 12.2. The summed E-state index contributed by atoms with van der Waals surface area (Å²) in [5.41, 5.74) is 0. The minimum Gasteiger partial charge on any atom is -0.462 e. The van der Waals surface area contributed by atoms with E-state index in [0.29, 0.717) is 6.42 Å². The van der Waals surface area contributed by atoms with Crippen LogP contribution < -0.4 is 0 Å². The van der Waals surface area contributed by atoms with Gasteiger partial charge in [-0.3, -0.25) is 4.79 Å². The Hall–Kier alpha value is -0.530. The molecule has 180 valence electrons. The molecule has 0 saturated heterocycles. The van der Waals surface area contributed by atoms with E-state index >= 15 is 0 Å². The standard InChI is InChI=1S/C28H56O2/c1-4-7-10-12-13-14-15-16-17-18-19-21-23-26-28(29)30-27(24-9-6-3)25-22-20-11-8-5-2/h27H,4-26H2,1-3H3. The second kappa shape index (κ2) is 24.7. The SMILES string of the molecule is CCCCCCCCCCCCCCCC(=O)OC(CCCC)CCCCCCC. The van der Waals surface area contributed by atoms with Crippen molar-refractivity contribution in [2.45, 2.75) is 175 Å². The number of esters is 1. The first-order valence-electron chi connectivity index (χ1n) is 13.9. The summed E-state index contributed by atoms with van der Waals surface area (Å²) in [5.74, 6) is 0.0488. The Morgan fingerprint density at radius 2 is 0.867 bits per heavy atom. The average Bonchev–Trinajstić information content (AvgIpc) is 2.74. The molecule has 30 heavy (non-hydrogen) atoms. The molecule has 0 N–H and O–H groups in total. The van der Waals surface area contributed by atoms with Gasteiger partial charge in [0.05, 0.1) is 0 Å². The van der Waals surface area contributed by atoms with Crippen molar-refractivity contribution in [1.29, 1.82) is 0 Å². The van der Waals surface area contributed by atoms with E-state index in [4.69, 9.17) is 4.74 Å². The molecule has 0 aromatic heterocycles. The minimum absolute atomic E-state index is 0.0488. The van der Waals surface area contributed by atoms with Gasteiger partial charge < -0.3 is 4.74 Å². The lowest BCUT2D eigenvalue weighted by atomic mass is 10.0. The predicted molar refractivity (Wildman–Crippen MR) is 133 cm³/mol. The van der Waals surface area contributed by atoms with Gasteiger partial charge in [-0.05, 0) is 25.7 Å². The molecule has 0 aliphatic rings. The van der Waals surface area contributed by atoms with Crippen LogP contribution in [0.15, 0.2) is 0 Å². The fourth-order valence-electron chi connectivity index (χ4n) is 4.20. The molecule has 0 spiro atoms. The number of ether oxygens (including phenoxy) is 1. The molecule has 0 aromatic carbocycles. The lowest BCUT2D eigenvalue weighted by Gasteiger charge is -2.18. The van der Waals surface area contributed by atoms with E-state index in [2.05, 4.69) is 20.8 Å². The van der Waals surface area contributed by atoms with Crippen molar-refractivity contribution in [2.75, 3.05) is 0 Å². The van der Waals surface area contributed by atoms with Gasteiger partial charge in [-0.15, -0.1) is 0 Å². The molecule has 0 aromatic rings. The molecule has 0 radical (unpaired) electrons. The molecule has 1 atom stereocenters. The summed E-state index contributed by atoms with van der Waals surface area (Å²) >= 11 is 0. The van der Waals surface area contributed by atoms with Gasteiger partial charge in [0.2, 0.25) is 0 Å². The van der Waals surface area contributed by atoms with Crippen LogP contribution in [0.4, 0.5) is 0 Å². The van der Waals surface area contributed by atoms with E-state index < -0.39 is 0 Å². The third kappa shape index (κ3) is 22.2. The maximum absolute atomic E-state index is 12.2. The quantitative estimate of drug-likeness (QED) is 0.114. The molecule has 0 fully saturated rings. The molecule has 0 amide bonds. The maximum Gasteiger partial charge on any atom is 0.306 e. The van der Waals surface area contributed by atoms with Gasteiger partial charge in [0.1, 0.15) is 6.10 Å². The number of carbonyl (C=O) groups is 1. The van der Waals surface area contributed by atoms with Crippen LogP contribution in [0.2, 0.25) is 0 Å². The van der Waals surface area contributed by atoms with Gasteiger partial charge in [-0.25, -0.2) is 0 Å². The monoisotopic (exact) mass is 424 g/mol. The molecular weight excluding hydrogens is 368 g/mol. The van der Waals surface area contributed by atoms with Crippen LogP contribution in [0.3, 0.4) is 0 Å². The Balaban J connectivity index is 3.58. The molecule has 1 unspecified atom stereocenters. The third-order valence-electron chi connectivity index (χ3n) is 6.29. The van der Waals surface area contributed by atoms with E-state index in [9.17, 15) is 4.79 Å². The Kier molecular flexibility index (Phi) is 24.3. The van der Waals surface area contributed by atoms with Crippen molar-refractivity contribution >= 4 is 5.97 Å². The smallest absolute Gasteiger partial charge is 0.306 e. The molecule has 2 heteroatoms. The number of hydrogen-bond donors (Lipinski definition) is 0. The molecule has 0 aliphatic heterocycles. The van der Waals surface area contributed by atoms with Gasteiger partial charge in [-0.2, -0.15) is 0 Å². The summed E-state index contributed by atoms with van der Waals surface area (Å²) in [6.07, 6.45) is 29.1. The second-order valence-corrected chi connectivity index (χ2v) is 9.45. The Bertz CT molecular complexity index is 340. The summed E-state index contributed by atoms with van der Waals surface area (Å²) in [7, 11) is 0. The molecule has 0 saturated carbocycles. The summed E-state index contributed by atoms with van der Waals surface area (Å²) in [6, 6.07) is 0. The zero-order valence-electron chi connectivity index (χ0n) is 21.2. The Morgan fingerprint density at radius 1 is 0.500 bits per heavy atom. The highest BCUT2D eigenvalue weighted by Gasteiger charge is 2.13. The van der Waals surface area contributed by atoms with Crippen molar-refractivity contribution < 1.29 is 9.53 Å². The van der Waals surface area contributed by atoms with Crippen LogP contribution >= 0.6 is 0 Å². The summed E-state index contributed by atoms with van der Waals surface area (Å²) in [5, 5.41) is 0. The average molecular weight is 425 g/mol. The number of unbranched alkanes of at least 4 members (excludes halogenated alkanes) is 17. The van der Waals surface area contributed by atoms with Gasteiger partial charge in [-0.1, -0.05) is 136 Å². The van der Waals surface area contributed by atoms with Gasteiger partial charge in [0, 0.05) is 6.42 Å². The molecule has 0 aliphatic carbocycles. The van der Waals surface area contributed by atoms with Crippen LogP contribution in [-0.4, -0.2) is 12.1 Å². The highest BCUT2D eigenvalue weighted by atomic mass is 16.5. The van der Waals surface area contributed by atoms with Crippen LogP contribution in [0.1, 0.15) is 168 Å². The third-order valence-corrected chi connectivity index (χ3v) is 6.29.